The van der Waals surface area contributed by atoms with E-state index in [9.17, 15) is 0 Å². The molecule has 1 heterocycles. The number of ether oxygens (including phenoxy) is 1. The van der Waals surface area contributed by atoms with Crippen LogP contribution in [0.1, 0.15) is 31.5 Å². The molecule has 1 aromatic rings. The second-order valence-electron chi connectivity index (χ2n) is 4.44. The van der Waals surface area contributed by atoms with E-state index >= 15 is 0 Å². The molecule has 5 heteroatoms. The zero-order valence-corrected chi connectivity index (χ0v) is 10.6. The lowest BCUT2D eigenvalue weighted by Crippen LogP contribution is -2.11. The average Bonchev–Trinajstić information content (AvgIpc) is 2.88. The van der Waals surface area contributed by atoms with Gasteiger partial charge in [-0.15, -0.1) is 0 Å². The Bertz CT molecular complexity index is 379. The fraction of sp³-hybridized carbons (Fsp3) is 0.818. The number of nitrogens with one attached hydrogen (secondary N) is 1. The van der Waals surface area contributed by atoms with E-state index in [0.717, 1.165) is 24.7 Å². The number of hydrogen-bond acceptors (Lipinski definition) is 3. The summed E-state index contributed by atoms with van der Waals surface area (Å²) in [6.07, 6.45) is 6.46. The molecule has 0 radical (unpaired) electrons. The molecule has 1 aliphatic rings. The van der Waals surface area contributed by atoms with Crippen molar-refractivity contribution in [1.29, 1.82) is 0 Å². The van der Waals surface area contributed by atoms with Gasteiger partial charge in [0.15, 0.2) is 4.77 Å². The van der Waals surface area contributed by atoms with Crippen LogP contribution in [-0.2, 0) is 17.7 Å². The summed E-state index contributed by atoms with van der Waals surface area (Å²) in [5.74, 6) is 1.89. The third-order valence-corrected chi connectivity index (χ3v) is 3.61. The molecule has 0 saturated heterocycles. The maximum absolute atomic E-state index is 5.22. The van der Waals surface area contributed by atoms with Gasteiger partial charge in [0, 0.05) is 20.1 Å². The van der Waals surface area contributed by atoms with Crippen molar-refractivity contribution in [3.8, 4) is 0 Å². The number of aromatic amines is 1. The lowest BCUT2D eigenvalue weighted by Gasteiger charge is -2.10. The normalized spacial score (nSPS) is 17.1. The minimum atomic E-state index is 0.686. The second kappa shape index (κ2) is 5.59. The van der Waals surface area contributed by atoms with E-state index in [1.165, 1.54) is 25.7 Å². The van der Waals surface area contributed by atoms with Crippen LogP contribution in [0.25, 0.3) is 0 Å². The highest BCUT2D eigenvalue weighted by Gasteiger charge is 2.18. The average molecular weight is 241 g/mol. The fourth-order valence-corrected chi connectivity index (χ4v) is 2.63. The van der Waals surface area contributed by atoms with Gasteiger partial charge in [-0.3, -0.25) is 5.10 Å². The Kier molecular flexibility index (Phi) is 4.12. The molecule has 0 spiro atoms. The van der Waals surface area contributed by atoms with Crippen LogP contribution in [0.15, 0.2) is 0 Å². The largest absolute Gasteiger partial charge is 0.383 e. The Labute approximate surface area is 101 Å². The second-order valence-corrected chi connectivity index (χ2v) is 4.83. The van der Waals surface area contributed by atoms with Gasteiger partial charge in [0.25, 0.3) is 0 Å². The Morgan fingerprint density at radius 1 is 1.50 bits per heavy atom. The van der Waals surface area contributed by atoms with E-state index in [2.05, 4.69) is 14.8 Å². The van der Waals surface area contributed by atoms with Crippen molar-refractivity contribution in [3.63, 3.8) is 0 Å². The first-order chi connectivity index (χ1) is 7.81. The number of hydrogen-bond donors (Lipinski definition) is 1. The number of nitrogens with zero attached hydrogens (tertiary/aromatic N) is 2. The summed E-state index contributed by atoms with van der Waals surface area (Å²) in [5, 5.41) is 7.20. The van der Waals surface area contributed by atoms with E-state index in [0.29, 0.717) is 11.4 Å². The van der Waals surface area contributed by atoms with E-state index in [-0.39, 0.29) is 0 Å². The van der Waals surface area contributed by atoms with Crippen LogP contribution in [0.4, 0.5) is 0 Å². The maximum atomic E-state index is 5.22. The summed E-state index contributed by atoms with van der Waals surface area (Å²) in [7, 11) is 1.71. The quantitative estimate of drug-likeness (QED) is 0.804. The standard InChI is InChI=1S/C11H19N3OS/c1-15-7-6-14-10(12-13-11(14)16)8-9-4-2-3-5-9/h9H,2-8H2,1H3,(H,13,16). The molecular weight excluding hydrogens is 222 g/mol. The number of methoxy groups -OCH3 is 1. The Morgan fingerprint density at radius 3 is 2.94 bits per heavy atom. The summed E-state index contributed by atoms with van der Waals surface area (Å²) in [4.78, 5) is 0. The Hall–Kier alpha value is -0.680. The van der Waals surface area contributed by atoms with E-state index in [4.69, 9.17) is 17.0 Å². The molecule has 1 N–H and O–H groups in total. The summed E-state index contributed by atoms with van der Waals surface area (Å²) in [6, 6.07) is 0. The first-order valence-corrected chi connectivity index (χ1v) is 6.35. The van der Waals surface area contributed by atoms with Gasteiger partial charge in [-0.05, 0) is 18.1 Å². The SMILES string of the molecule is COCCn1c(CC2CCCC2)n[nH]c1=S. The molecule has 1 aliphatic carbocycles. The molecule has 0 amide bonds. The lowest BCUT2D eigenvalue weighted by atomic mass is 10.0. The smallest absolute Gasteiger partial charge is 0.195 e. The summed E-state index contributed by atoms with van der Waals surface area (Å²) >= 11 is 5.22. The van der Waals surface area contributed by atoms with Crippen LogP contribution in [-0.4, -0.2) is 28.5 Å². The van der Waals surface area contributed by atoms with Crippen molar-refractivity contribution in [2.45, 2.75) is 38.6 Å². The third-order valence-electron chi connectivity index (χ3n) is 3.30. The Morgan fingerprint density at radius 2 is 2.25 bits per heavy atom. The molecule has 1 aromatic heterocycles. The molecule has 1 fully saturated rings. The van der Waals surface area contributed by atoms with Crippen molar-refractivity contribution in [2.75, 3.05) is 13.7 Å². The molecule has 90 valence electrons. The minimum Gasteiger partial charge on any atom is -0.383 e. The van der Waals surface area contributed by atoms with Crippen molar-refractivity contribution in [1.82, 2.24) is 14.8 Å². The molecular formula is C11H19N3OS. The van der Waals surface area contributed by atoms with E-state index in [1.54, 1.807) is 7.11 Å². The monoisotopic (exact) mass is 241 g/mol. The molecule has 2 rings (SSSR count). The molecule has 0 aromatic carbocycles. The van der Waals surface area contributed by atoms with Gasteiger partial charge in [-0.25, -0.2) is 0 Å². The summed E-state index contributed by atoms with van der Waals surface area (Å²) in [5.41, 5.74) is 0. The lowest BCUT2D eigenvalue weighted by molar-refractivity contribution is 0.185. The van der Waals surface area contributed by atoms with Gasteiger partial charge < -0.3 is 9.30 Å². The predicted octanol–water partition coefficient (Wildman–Crippen LogP) is 2.32. The number of rotatable bonds is 5. The molecule has 4 nitrogen and oxygen atoms in total. The molecule has 0 unspecified atom stereocenters. The van der Waals surface area contributed by atoms with E-state index in [1.807, 2.05) is 0 Å². The van der Waals surface area contributed by atoms with Crippen LogP contribution in [0.5, 0.6) is 0 Å². The van der Waals surface area contributed by atoms with Crippen LogP contribution < -0.4 is 0 Å². The highest BCUT2D eigenvalue weighted by molar-refractivity contribution is 7.71. The highest BCUT2D eigenvalue weighted by Crippen LogP contribution is 2.27. The predicted molar refractivity (Wildman–Crippen MR) is 64.9 cm³/mol. The van der Waals surface area contributed by atoms with Crippen LogP contribution in [0.2, 0.25) is 0 Å². The first-order valence-electron chi connectivity index (χ1n) is 5.94. The molecule has 0 atom stereocenters. The molecule has 1 saturated carbocycles. The summed E-state index contributed by atoms with van der Waals surface area (Å²) in [6.45, 7) is 1.49. The molecule has 16 heavy (non-hydrogen) atoms. The fourth-order valence-electron chi connectivity index (χ4n) is 2.39. The van der Waals surface area contributed by atoms with Crippen LogP contribution >= 0.6 is 12.2 Å². The third kappa shape index (κ3) is 2.71. The molecule has 0 bridgehead atoms. The van der Waals surface area contributed by atoms with Crippen molar-refractivity contribution in [2.24, 2.45) is 5.92 Å². The van der Waals surface area contributed by atoms with Gasteiger partial charge in [-0.1, -0.05) is 25.7 Å². The van der Waals surface area contributed by atoms with Gasteiger partial charge in [0.1, 0.15) is 5.82 Å². The van der Waals surface area contributed by atoms with Crippen LogP contribution in [0, 0.1) is 10.7 Å². The number of aromatic nitrogens is 3. The zero-order chi connectivity index (χ0) is 11.4. The first kappa shape index (κ1) is 11.8. The van der Waals surface area contributed by atoms with Crippen LogP contribution in [0.3, 0.4) is 0 Å². The Balaban J connectivity index is 2.04. The van der Waals surface area contributed by atoms with Gasteiger partial charge in [0.2, 0.25) is 0 Å². The van der Waals surface area contributed by atoms with E-state index < -0.39 is 0 Å². The zero-order valence-electron chi connectivity index (χ0n) is 9.74. The van der Waals surface area contributed by atoms with Gasteiger partial charge >= 0.3 is 0 Å². The van der Waals surface area contributed by atoms with Crippen molar-refractivity contribution in [3.05, 3.63) is 10.6 Å². The summed E-state index contributed by atoms with van der Waals surface area (Å²) < 4.78 is 7.87. The highest BCUT2D eigenvalue weighted by atomic mass is 32.1. The topological polar surface area (TPSA) is 42.8 Å². The van der Waals surface area contributed by atoms with Crippen molar-refractivity contribution >= 4 is 12.2 Å². The number of H-pyrrole nitrogens is 1. The maximum Gasteiger partial charge on any atom is 0.195 e. The molecule has 0 aliphatic heterocycles. The van der Waals surface area contributed by atoms with Gasteiger partial charge in [-0.2, -0.15) is 5.10 Å². The van der Waals surface area contributed by atoms with Crippen molar-refractivity contribution < 1.29 is 4.74 Å². The minimum absolute atomic E-state index is 0.686. The van der Waals surface area contributed by atoms with Gasteiger partial charge in [0.05, 0.1) is 6.61 Å².